The van der Waals surface area contributed by atoms with E-state index in [9.17, 15) is 4.79 Å². The number of nitrogens with one attached hydrogen (secondary N) is 2. The Labute approximate surface area is 100 Å². The summed E-state index contributed by atoms with van der Waals surface area (Å²) in [6.07, 6.45) is 5.14. The molecule has 0 saturated heterocycles. The summed E-state index contributed by atoms with van der Waals surface area (Å²) in [5, 5.41) is 5.90. The van der Waals surface area contributed by atoms with Crippen molar-refractivity contribution in [1.29, 1.82) is 0 Å². The number of anilines is 1. The van der Waals surface area contributed by atoms with Gasteiger partial charge in [-0.05, 0) is 12.1 Å². The number of ether oxygens (including phenoxy) is 1. The van der Waals surface area contributed by atoms with Gasteiger partial charge in [0.2, 0.25) is 0 Å². The van der Waals surface area contributed by atoms with Gasteiger partial charge in [-0.2, -0.15) is 0 Å². The van der Waals surface area contributed by atoms with Gasteiger partial charge < -0.3 is 15.4 Å². The van der Waals surface area contributed by atoms with Crippen molar-refractivity contribution in [1.82, 2.24) is 5.32 Å². The Morgan fingerprint density at radius 1 is 1.59 bits per heavy atom. The van der Waals surface area contributed by atoms with Crippen LogP contribution >= 0.6 is 0 Å². The van der Waals surface area contributed by atoms with Crippen molar-refractivity contribution < 1.29 is 9.53 Å². The lowest BCUT2D eigenvalue weighted by Gasteiger charge is -2.26. The molecule has 0 bridgehead atoms. The first-order valence-electron chi connectivity index (χ1n) is 5.52. The van der Waals surface area contributed by atoms with Gasteiger partial charge >= 0.3 is 0 Å². The lowest BCUT2D eigenvalue weighted by molar-refractivity contribution is -0.127. The topological polar surface area (TPSA) is 50.4 Å². The number of carbonyl (C=O) groups excluding carboxylic acids is 1. The maximum absolute atomic E-state index is 11.7. The number of fused-ring (bicyclic) bond motifs is 1. The predicted octanol–water partition coefficient (Wildman–Crippen LogP) is 0.999. The lowest BCUT2D eigenvalue weighted by Crippen LogP contribution is -2.44. The molecule has 2 N–H and O–H groups in total. The Bertz CT molecular complexity index is 451. The first kappa shape index (κ1) is 11.3. The molecule has 0 aromatic heterocycles. The zero-order valence-corrected chi connectivity index (χ0v) is 9.40. The maximum Gasteiger partial charge on any atom is 0.262 e. The highest BCUT2D eigenvalue weighted by Gasteiger charge is 2.24. The second-order valence-corrected chi connectivity index (χ2v) is 3.73. The fourth-order valence-corrected chi connectivity index (χ4v) is 1.63. The standard InChI is InChI=1S/C13H14N2O2/c1-2-3-8-14-13(16)12-9-15-10-6-4-5-7-11(10)17-12/h1,4-7,12,15H,3,8-9H2,(H,14,16). The largest absolute Gasteiger partial charge is 0.477 e. The Kier molecular flexibility index (Phi) is 3.51. The molecule has 1 aliphatic heterocycles. The smallest absolute Gasteiger partial charge is 0.262 e. The summed E-state index contributed by atoms with van der Waals surface area (Å²) in [4.78, 5) is 11.7. The highest BCUT2D eigenvalue weighted by atomic mass is 16.5. The van der Waals surface area contributed by atoms with Crippen LogP contribution in [0, 0.1) is 12.3 Å². The van der Waals surface area contributed by atoms with Gasteiger partial charge in [-0.25, -0.2) is 0 Å². The van der Waals surface area contributed by atoms with Gasteiger partial charge in [0.15, 0.2) is 6.10 Å². The van der Waals surface area contributed by atoms with E-state index in [1.807, 2.05) is 24.3 Å². The van der Waals surface area contributed by atoms with Crippen LogP contribution in [0.15, 0.2) is 24.3 Å². The molecule has 1 unspecified atom stereocenters. The highest BCUT2D eigenvalue weighted by molar-refractivity contribution is 5.83. The van der Waals surface area contributed by atoms with Crippen LogP contribution in [0.25, 0.3) is 0 Å². The van der Waals surface area contributed by atoms with Gasteiger partial charge in [0.05, 0.1) is 12.2 Å². The first-order valence-corrected chi connectivity index (χ1v) is 5.52. The summed E-state index contributed by atoms with van der Waals surface area (Å²) in [6, 6.07) is 7.55. The summed E-state index contributed by atoms with van der Waals surface area (Å²) in [7, 11) is 0. The molecule has 0 radical (unpaired) electrons. The van der Waals surface area contributed by atoms with E-state index < -0.39 is 6.10 Å². The Hall–Kier alpha value is -2.15. The molecule has 1 aromatic rings. The number of hydrogen-bond acceptors (Lipinski definition) is 3. The molecule has 1 aromatic carbocycles. The molecule has 2 rings (SSSR count). The Balaban J connectivity index is 1.93. The van der Waals surface area contributed by atoms with Gasteiger partial charge in [-0.15, -0.1) is 12.3 Å². The number of para-hydroxylation sites is 2. The van der Waals surface area contributed by atoms with Gasteiger partial charge in [-0.1, -0.05) is 12.1 Å². The van der Waals surface area contributed by atoms with Crippen LogP contribution in [0.4, 0.5) is 5.69 Å². The van der Waals surface area contributed by atoms with Gasteiger partial charge in [0.1, 0.15) is 5.75 Å². The number of carbonyl (C=O) groups is 1. The van der Waals surface area contributed by atoms with Crippen molar-refractivity contribution >= 4 is 11.6 Å². The first-order chi connectivity index (χ1) is 8.31. The second kappa shape index (κ2) is 5.26. The fraction of sp³-hybridized carbons (Fsp3) is 0.308. The SMILES string of the molecule is C#CCCNC(=O)C1CNc2ccccc2O1. The normalized spacial score (nSPS) is 17.0. The maximum atomic E-state index is 11.7. The highest BCUT2D eigenvalue weighted by Crippen LogP contribution is 2.27. The third-order valence-corrected chi connectivity index (χ3v) is 2.50. The summed E-state index contributed by atoms with van der Waals surface area (Å²) in [5.41, 5.74) is 0.917. The van der Waals surface area contributed by atoms with E-state index in [-0.39, 0.29) is 5.91 Å². The number of benzene rings is 1. The van der Waals surface area contributed by atoms with Crippen LogP contribution in [0.1, 0.15) is 6.42 Å². The Morgan fingerprint density at radius 3 is 3.24 bits per heavy atom. The van der Waals surface area contributed by atoms with Gasteiger partial charge in [-0.3, -0.25) is 4.79 Å². The molecule has 0 saturated carbocycles. The van der Waals surface area contributed by atoms with Crippen molar-refractivity contribution in [3.8, 4) is 18.1 Å². The molecular weight excluding hydrogens is 216 g/mol. The summed E-state index contributed by atoms with van der Waals surface area (Å²) in [5.74, 6) is 3.04. The molecule has 4 heteroatoms. The van der Waals surface area contributed by atoms with Crippen LogP contribution in [0.5, 0.6) is 5.75 Å². The van der Waals surface area contributed by atoms with Crippen molar-refractivity contribution in [2.24, 2.45) is 0 Å². The minimum absolute atomic E-state index is 0.137. The van der Waals surface area contributed by atoms with Crippen molar-refractivity contribution in [2.45, 2.75) is 12.5 Å². The molecule has 4 nitrogen and oxygen atoms in total. The van der Waals surface area contributed by atoms with E-state index >= 15 is 0 Å². The second-order valence-electron chi connectivity index (χ2n) is 3.73. The van der Waals surface area contributed by atoms with E-state index in [0.717, 1.165) is 5.69 Å². The third-order valence-electron chi connectivity index (χ3n) is 2.50. The molecular formula is C13H14N2O2. The number of terminal acetylenes is 1. The van der Waals surface area contributed by atoms with Crippen molar-refractivity contribution in [3.63, 3.8) is 0 Å². The number of hydrogen-bond donors (Lipinski definition) is 2. The van der Waals surface area contributed by atoms with Crippen molar-refractivity contribution in [3.05, 3.63) is 24.3 Å². The average Bonchev–Trinajstić information content (AvgIpc) is 2.38. The van der Waals surface area contributed by atoms with E-state index in [4.69, 9.17) is 11.2 Å². The quantitative estimate of drug-likeness (QED) is 0.601. The molecule has 0 fully saturated rings. The zero-order chi connectivity index (χ0) is 12.1. The molecule has 0 aliphatic carbocycles. The van der Waals surface area contributed by atoms with Crippen LogP contribution in [-0.2, 0) is 4.79 Å². The van der Waals surface area contributed by atoms with Crippen LogP contribution < -0.4 is 15.4 Å². The van der Waals surface area contributed by atoms with Gasteiger partial charge in [0.25, 0.3) is 5.91 Å². The van der Waals surface area contributed by atoms with Crippen LogP contribution in [-0.4, -0.2) is 25.1 Å². The minimum atomic E-state index is -0.498. The Morgan fingerprint density at radius 2 is 2.41 bits per heavy atom. The molecule has 1 amide bonds. The van der Waals surface area contributed by atoms with E-state index in [1.54, 1.807) is 0 Å². The molecule has 1 heterocycles. The van der Waals surface area contributed by atoms with Crippen LogP contribution in [0.2, 0.25) is 0 Å². The number of rotatable bonds is 3. The summed E-state index contributed by atoms with van der Waals surface area (Å²) >= 11 is 0. The van der Waals surface area contributed by atoms with Crippen LogP contribution in [0.3, 0.4) is 0 Å². The summed E-state index contributed by atoms with van der Waals surface area (Å²) < 4.78 is 5.60. The molecule has 17 heavy (non-hydrogen) atoms. The van der Waals surface area contributed by atoms with Gasteiger partial charge in [0, 0.05) is 13.0 Å². The molecule has 88 valence electrons. The molecule has 1 atom stereocenters. The minimum Gasteiger partial charge on any atom is -0.477 e. The van der Waals surface area contributed by atoms with Crippen molar-refractivity contribution in [2.75, 3.05) is 18.4 Å². The lowest BCUT2D eigenvalue weighted by atomic mass is 10.2. The van der Waals surface area contributed by atoms with E-state index in [1.165, 1.54) is 0 Å². The van der Waals surface area contributed by atoms with E-state index in [0.29, 0.717) is 25.3 Å². The fourth-order valence-electron chi connectivity index (χ4n) is 1.63. The predicted molar refractivity (Wildman–Crippen MR) is 65.8 cm³/mol. The summed E-state index contributed by atoms with van der Waals surface area (Å²) in [6.45, 7) is 0.954. The molecule has 0 spiro atoms. The third kappa shape index (κ3) is 2.70. The average molecular weight is 230 g/mol. The van der Waals surface area contributed by atoms with E-state index in [2.05, 4.69) is 16.6 Å². The number of amides is 1. The monoisotopic (exact) mass is 230 g/mol. The molecule has 1 aliphatic rings. The zero-order valence-electron chi connectivity index (χ0n) is 9.40.